The number of phenolic OH excluding ortho intramolecular Hbond substituents is 1. The van der Waals surface area contributed by atoms with Gasteiger partial charge in [0.05, 0.1) is 23.7 Å². The molecular weight excluding hydrogens is 966 g/mol. The molecule has 4 aliphatic heterocycles. The second-order valence-electron chi connectivity index (χ2n) is 21.5. The number of aromatic nitrogens is 6. The monoisotopic (exact) mass is 1030 g/mol. The zero-order valence-electron chi connectivity index (χ0n) is 44.0. The summed E-state index contributed by atoms with van der Waals surface area (Å²) >= 11 is 0. The van der Waals surface area contributed by atoms with Gasteiger partial charge in [0.1, 0.15) is 41.3 Å². The number of carbonyl (C=O) groups is 2. The maximum Gasteiger partial charge on any atom is 0.319 e. The summed E-state index contributed by atoms with van der Waals surface area (Å²) in [5, 5.41) is 28.3. The lowest BCUT2D eigenvalue weighted by Crippen LogP contribution is -2.51. The summed E-state index contributed by atoms with van der Waals surface area (Å²) in [6, 6.07) is 20.9. The van der Waals surface area contributed by atoms with Crippen molar-refractivity contribution in [2.24, 2.45) is 18.9 Å². The largest absolute Gasteiger partial charge is 0.508 e. The first kappa shape index (κ1) is 51.0. The maximum absolute atomic E-state index is 17.1. The van der Waals surface area contributed by atoms with Gasteiger partial charge in [-0.1, -0.05) is 63.2 Å². The summed E-state index contributed by atoms with van der Waals surface area (Å²) in [7, 11) is 1.91. The van der Waals surface area contributed by atoms with Crippen molar-refractivity contribution in [3.63, 3.8) is 0 Å². The number of likely N-dealkylation sites (tertiary alicyclic amines) is 2. The molecule has 11 rings (SSSR count). The highest BCUT2D eigenvalue weighted by atomic mass is 19.1. The number of nitrogens with zero attached hydrogens (tertiary/aromatic N) is 9. The lowest BCUT2D eigenvalue weighted by Gasteiger charge is -2.34. The van der Waals surface area contributed by atoms with Crippen molar-refractivity contribution in [3.05, 3.63) is 102 Å². The predicted molar refractivity (Wildman–Crippen MR) is 288 cm³/mol. The van der Waals surface area contributed by atoms with E-state index in [2.05, 4.69) is 37.6 Å². The number of phenols is 1. The van der Waals surface area contributed by atoms with Crippen LogP contribution in [-0.4, -0.2) is 127 Å². The van der Waals surface area contributed by atoms with Gasteiger partial charge in [-0.15, -0.1) is 0 Å². The normalized spacial score (nSPS) is 20.0. The van der Waals surface area contributed by atoms with E-state index >= 15 is 4.39 Å². The quantitative estimate of drug-likeness (QED) is 0.0789. The Bertz CT molecular complexity index is 3220. The van der Waals surface area contributed by atoms with E-state index in [-0.39, 0.29) is 52.7 Å². The van der Waals surface area contributed by atoms with Crippen molar-refractivity contribution in [2.45, 2.75) is 103 Å². The maximum atomic E-state index is 17.1. The smallest absolute Gasteiger partial charge is 0.319 e. The van der Waals surface area contributed by atoms with Crippen LogP contribution in [0.5, 0.6) is 17.6 Å². The molecule has 4 aliphatic rings. The van der Waals surface area contributed by atoms with Crippen LogP contribution >= 0.6 is 0 Å². The van der Waals surface area contributed by atoms with Crippen molar-refractivity contribution in [1.82, 2.24) is 50.3 Å². The van der Waals surface area contributed by atoms with Gasteiger partial charge in [0.25, 0.3) is 5.88 Å². The van der Waals surface area contributed by atoms with Gasteiger partial charge in [0, 0.05) is 69.3 Å². The standard InChI is InChI=1S/C58H68FN11O6/c1-6-37-9-7-10-40-27-43(71)28-44(51(37)40)53-52(59)54-45(30-60-53)55(69-31-41-16-17-42(32-69)63-41)65-58(64-54)74-26-25-68-23-19-36(20-24-68)33-75-49-29-48(76-66-49)50(34(2)3)57(73)70-22-8-11-47(70)56(72)62-35(4)38-12-14-39(15-13-38)46-18-21-61-67(46)5/h7,9-10,12-15,18,21,27-30,34-36,41-42,47,50,63,71H,6,8,11,16-17,19-20,22-26,31-33H2,1-5H3,(H,62,72)/t35?,41?,42?,47-,50?/m0/s1. The molecule has 17 nitrogen and oxygen atoms in total. The molecule has 0 radical (unpaired) electrons. The van der Waals surface area contributed by atoms with Crippen LogP contribution in [0.15, 0.2) is 83.6 Å². The second kappa shape index (κ2) is 21.8. The number of hydrogen-bond donors (Lipinski definition) is 3. The highest BCUT2D eigenvalue weighted by molar-refractivity contribution is 6.01. The van der Waals surface area contributed by atoms with Crippen LogP contribution in [0.3, 0.4) is 0 Å². The summed E-state index contributed by atoms with van der Waals surface area (Å²) in [4.78, 5) is 48.7. The van der Waals surface area contributed by atoms with Gasteiger partial charge in [-0.05, 0) is 128 Å². The number of fused-ring (bicyclic) bond motifs is 4. The number of amides is 2. The van der Waals surface area contributed by atoms with E-state index in [1.165, 1.54) is 0 Å². The minimum Gasteiger partial charge on any atom is -0.508 e. The summed E-state index contributed by atoms with van der Waals surface area (Å²) < 4.78 is 37.2. The first-order chi connectivity index (χ1) is 36.9. The fourth-order valence-electron chi connectivity index (χ4n) is 12.0. The molecule has 18 heteroatoms. The molecule has 2 bridgehead atoms. The number of piperazine rings is 1. The molecule has 4 saturated heterocycles. The van der Waals surface area contributed by atoms with Gasteiger partial charge < -0.3 is 39.5 Å². The number of carbonyl (C=O) groups excluding carboxylic acids is 2. The average Bonchev–Trinajstić information content (AvgIpc) is 4.30. The molecule has 4 unspecified atom stereocenters. The van der Waals surface area contributed by atoms with Crippen molar-refractivity contribution in [2.75, 3.05) is 57.4 Å². The van der Waals surface area contributed by atoms with Gasteiger partial charge in [-0.25, -0.2) is 4.39 Å². The number of pyridine rings is 1. The van der Waals surface area contributed by atoms with Crippen molar-refractivity contribution < 1.29 is 33.1 Å². The van der Waals surface area contributed by atoms with Gasteiger partial charge in [-0.3, -0.25) is 24.2 Å². The van der Waals surface area contributed by atoms with Gasteiger partial charge >= 0.3 is 6.01 Å². The number of piperidine rings is 1. The van der Waals surface area contributed by atoms with Crippen molar-refractivity contribution >= 4 is 39.3 Å². The van der Waals surface area contributed by atoms with Crippen LogP contribution in [0.25, 0.3) is 44.2 Å². The Hall–Kier alpha value is -7.18. The molecule has 4 fully saturated rings. The minimum absolute atomic E-state index is 0.0364. The number of benzene rings is 3. The van der Waals surface area contributed by atoms with E-state index in [0.717, 1.165) is 97.9 Å². The molecule has 0 spiro atoms. The number of aryl methyl sites for hydroxylation is 2. The van der Waals surface area contributed by atoms with Crippen LogP contribution < -0.4 is 25.0 Å². The number of hydrogen-bond acceptors (Lipinski definition) is 14. The highest BCUT2D eigenvalue weighted by Gasteiger charge is 2.41. The molecular formula is C58H68FN11O6. The van der Waals surface area contributed by atoms with Crippen LogP contribution in [0.2, 0.25) is 0 Å². The molecule has 3 aromatic carbocycles. The van der Waals surface area contributed by atoms with Crippen LogP contribution in [0, 0.1) is 17.7 Å². The summed E-state index contributed by atoms with van der Waals surface area (Å²) in [5.74, 6) is 0.0629. The molecule has 7 aromatic rings. The Labute approximate surface area is 442 Å². The van der Waals surface area contributed by atoms with Crippen LogP contribution in [-0.2, 0) is 23.1 Å². The zero-order valence-corrected chi connectivity index (χ0v) is 44.0. The third kappa shape index (κ3) is 10.4. The predicted octanol–water partition coefficient (Wildman–Crippen LogP) is 8.36. The molecule has 5 atom stereocenters. The number of anilines is 1. The van der Waals surface area contributed by atoms with Crippen molar-refractivity contribution in [3.8, 4) is 40.2 Å². The molecule has 8 heterocycles. The Morgan fingerprint density at radius 2 is 1.74 bits per heavy atom. The fourth-order valence-corrected chi connectivity index (χ4v) is 12.0. The SMILES string of the molecule is CCc1cccc2cc(O)cc(-c3ncc4c(N5CC6CCC(C5)N6)nc(OCCN5CCC(COc6cc(C(C(=O)N7CCC[C@H]7C(=O)NC(C)c7ccc(-c8ccnn8C)cc7)C(C)C)on6)CC5)nc4c3F)c12. The molecule has 2 amide bonds. The number of nitrogens with one attached hydrogen (secondary N) is 2. The van der Waals surface area contributed by atoms with E-state index in [0.29, 0.717) is 73.2 Å². The summed E-state index contributed by atoms with van der Waals surface area (Å²) in [6.07, 6.45) is 9.45. The lowest BCUT2D eigenvalue weighted by atomic mass is 9.91. The third-order valence-corrected chi connectivity index (χ3v) is 16.1. The zero-order chi connectivity index (χ0) is 52.6. The molecule has 3 N–H and O–H groups in total. The van der Waals surface area contributed by atoms with Crippen molar-refractivity contribution in [1.29, 1.82) is 0 Å². The van der Waals surface area contributed by atoms with Crippen LogP contribution in [0.1, 0.15) is 95.1 Å². The molecule has 398 valence electrons. The van der Waals surface area contributed by atoms with Gasteiger partial charge in [0.15, 0.2) is 11.6 Å². The minimum atomic E-state index is -0.627. The highest BCUT2D eigenvalue weighted by Crippen LogP contribution is 2.40. The lowest BCUT2D eigenvalue weighted by molar-refractivity contribution is -0.141. The Morgan fingerprint density at radius 1 is 0.947 bits per heavy atom. The number of aromatic hydroxyl groups is 1. The van der Waals surface area contributed by atoms with Crippen LogP contribution in [0.4, 0.5) is 10.2 Å². The first-order valence-electron chi connectivity index (χ1n) is 27.1. The summed E-state index contributed by atoms with van der Waals surface area (Å²) in [5.41, 5.74) is 4.83. The Balaban J connectivity index is 0.696. The average molecular weight is 1030 g/mol. The van der Waals surface area contributed by atoms with E-state index in [4.69, 9.17) is 28.9 Å². The van der Waals surface area contributed by atoms with Gasteiger partial charge in [0.2, 0.25) is 11.8 Å². The Morgan fingerprint density at radius 3 is 2.47 bits per heavy atom. The van der Waals surface area contributed by atoms with E-state index in [9.17, 15) is 14.7 Å². The topological polar surface area (TPSA) is 189 Å². The second-order valence-corrected chi connectivity index (χ2v) is 21.5. The third-order valence-electron chi connectivity index (χ3n) is 16.1. The fraction of sp³-hybridized carbons (Fsp3) is 0.466. The number of ether oxygens (including phenoxy) is 2. The first-order valence-corrected chi connectivity index (χ1v) is 27.1. The van der Waals surface area contributed by atoms with E-state index in [1.807, 2.05) is 81.0 Å². The van der Waals surface area contributed by atoms with Gasteiger partial charge in [-0.2, -0.15) is 15.1 Å². The van der Waals surface area contributed by atoms with E-state index < -0.39 is 17.8 Å². The Kier molecular flexibility index (Phi) is 14.6. The molecule has 76 heavy (non-hydrogen) atoms. The van der Waals surface area contributed by atoms with E-state index in [1.54, 1.807) is 35.5 Å². The number of halogens is 1. The molecule has 0 saturated carbocycles. The number of rotatable bonds is 17. The summed E-state index contributed by atoms with van der Waals surface area (Å²) in [6.45, 7) is 13.0. The molecule has 0 aliphatic carbocycles. The molecule has 4 aromatic heterocycles.